The maximum absolute atomic E-state index is 14.1. The van der Waals surface area contributed by atoms with Crippen LogP contribution in [0.4, 0.5) is 5.69 Å². The van der Waals surface area contributed by atoms with Crippen molar-refractivity contribution < 1.29 is 4.79 Å². The van der Waals surface area contributed by atoms with Crippen molar-refractivity contribution in [2.75, 3.05) is 11.1 Å². The molecule has 5 nitrogen and oxygen atoms in total. The molecule has 2 aromatic carbocycles. The number of amides is 1. The third-order valence-corrected chi connectivity index (χ3v) is 8.55. The second-order valence-corrected chi connectivity index (χ2v) is 11.1. The quantitative estimate of drug-likeness (QED) is 0.249. The fourth-order valence-corrected chi connectivity index (χ4v) is 6.69. The zero-order chi connectivity index (χ0) is 25.3. The first kappa shape index (κ1) is 24.6. The van der Waals surface area contributed by atoms with E-state index < -0.39 is 0 Å². The fourth-order valence-electron chi connectivity index (χ4n) is 5.89. The Kier molecular flexibility index (Phi) is 6.89. The van der Waals surface area contributed by atoms with Crippen LogP contribution in [0, 0.1) is 13.8 Å². The minimum Gasteiger partial charge on any atom is -0.325 e. The van der Waals surface area contributed by atoms with Crippen LogP contribution in [-0.2, 0) is 23.2 Å². The molecule has 1 heterocycles. The van der Waals surface area contributed by atoms with Gasteiger partial charge in [-0.05, 0) is 50.3 Å². The Morgan fingerprint density at radius 2 is 1.94 bits per heavy atom. The van der Waals surface area contributed by atoms with Gasteiger partial charge in [0.15, 0.2) is 5.16 Å². The molecular formula is C30H33N3O2S. The van der Waals surface area contributed by atoms with Gasteiger partial charge in [0.2, 0.25) is 5.91 Å². The molecule has 1 amide bonds. The molecule has 0 bridgehead atoms. The molecule has 2 aliphatic carbocycles. The van der Waals surface area contributed by atoms with Gasteiger partial charge in [-0.1, -0.05) is 79.1 Å². The Morgan fingerprint density at radius 1 is 1.17 bits per heavy atom. The van der Waals surface area contributed by atoms with Gasteiger partial charge in [-0.3, -0.25) is 14.2 Å². The highest BCUT2D eigenvalue weighted by atomic mass is 32.2. The van der Waals surface area contributed by atoms with Crippen molar-refractivity contribution >= 4 is 23.4 Å². The zero-order valence-corrected chi connectivity index (χ0v) is 21.9. The normalized spacial score (nSPS) is 15.7. The predicted molar refractivity (Wildman–Crippen MR) is 148 cm³/mol. The number of hydrogen-bond acceptors (Lipinski definition) is 4. The molecule has 3 aromatic rings. The molecule has 2 aliphatic rings. The fraction of sp³-hybridized carbons (Fsp3) is 0.367. The summed E-state index contributed by atoms with van der Waals surface area (Å²) >= 11 is 1.31. The summed E-state index contributed by atoms with van der Waals surface area (Å²) in [7, 11) is 0. The van der Waals surface area contributed by atoms with Crippen LogP contribution in [0.15, 0.2) is 65.1 Å². The van der Waals surface area contributed by atoms with E-state index in [1.54, 1.807) is 10.6 Å². The first-order chi connectivity index (χ1) is 17.4. The average molecular weight is 500 g/mol. The Hall–Kier alpha value is -3.12. The molecule has 0 radical (unpaired) electrons. The van der Waals surface area contributed by atoms with Crippen LogP contribution in [0.1, 0.15) is 54.4 Å². The van der Waals surface area contributed by atoms with Crippen molar-refractivity contribution in [1.82, 2.24) is 9.55 Å². The molecule has 1 N–H and O–H groups in total. The standard InChI is InChI=1S/C30H33N3O2S/c1-4-16-33-28(35)26-27(23-11-7-6-10-22(23)18-30(26)14-8-5-9-15-30)32-29(33)36-19-25(34)31-24-13-12-20(2)17-21(24)3/h4,6-7,10-13,17H,1,5,8-9,14-16,18-19H2,2-3H3,(H,31,34). The number of carbonyl (C=O) groups is 1. The first-order valence-electron chi connectivity index (χ1n) is 12.8. The molecule has 0 aliphatic heterocycles. The van der Waals surface area contributed by atoms with Crippen LogP contribution in [0.3, 0.4) is 0 Å². The van der Waals surface area contributed by atoms with Crippen molar-refractivity contribution in [3.05, 3.63) is 87.7 Å². The summed E-state index contributed by atoms with van der Waals surface area (Å²) in [6.07, 6.45) is 8.16. The summed E-state index contributed by atoms with van der Waals surface area (Å²) < 4.78 is 1.71. The summed E-state index contributed by atoms with van der Waals surface area (Å²) in [5.74, 6) is 0.0517. The molecule has 1 saturated carbocycles. The van der Waals surface area contributed by atoms with Crippen molar-refractivity contribution in [3.8, 4) is 11.3 Å². The van der Waals surface area contributed by atoms with E-state index in [-0.39, 0.29) is 22.6 Å². The summed E-state index contributed by atoms with van der Waals surface area (Å²) in [5, 5.41) is 3.57. The number of benzene rings is 2. The number of nitrogens with one attached hydrogen (secondary N) is 1. The SMILES string of the molecule is C=CCn1c(SCC(=O)Nc2ccc(C)cc2C)nc2c(c1=O)C1(CCCCC1)Cc1ccccc1-2. The monoisotopic (exact) mass is 499 g/mol. The highest BCUT2D eigenvalue weighted by Gasteiger charge is 2.43. The third-order valence-electron chi connectivity index (χ3n) is 7.58. The molecule has 1 spiro atoms. The Bertz CT molecular complexity index is 1390. The number of fused-ring (bicyclic) bond motifs is 4. The van der Waals surface area contributed by atoms with Gasteiger partial charge in [-0.15, -0.1) is 6.58 Å². The van der Waals surface area contributed by atoms with Crippen molar-refractivity contribution in [2.24, 2.45) is 0 Å². The number of carbonyl (C=O) groups excluding carboxylic acids is 1. The third kappa shape index (κ3) is 4.55. The van der Waals surface area contributed by atoms with Crippen LogP contribution < -0.4 is 10.9 Å². The van der Waals surface area contributed by atoms with Crippen LogP contribution >= 0.6 is 11.8 Å². The molecular weight excluding hydrogens is 466 g/mol. The number of nitrogens with zero attached hydrogens (tertiary/aromatic N) is 2. The van der Waals surface area contributed by atoms with Crippen LogP contribution in [0.2, 0.25) is 0 Å². The van der Waals surface area contributed by atoms with Crippen LogP contribution in [0.5, 0.6) is 0 Å². The Morgan fingerprint density at radius 3 is 2.69 bits per heavy atom. The van der Waals surface area contributed by atoms with Crippen molar-refractivity contribution in [3.63, 3.8) is 0 Å². The van der Waals surface area contributed by atoms with E-state index in [0.717, 1.165) is 65.7 Å². The lowest BCUT2D eigenvalue weighted by Crippen LogP contribution is -2.43. The van der Waals surface area contributed by atoms with E-state index in [4.69, 9.17) is 4.98 Å². The van der Waals surface area contributed by atoms with Gasteiger partial charge >= 0.3 is 0 Å². The summed E-state index contributed by atoms with van der Waals surface area (Å²) in [5.41, 5.74) is 6.85. The summed E-state index contributed by atoms with van der Waals surface area (Å²) in [6, 6.07) is 14.3. The van der Waals surface area contributed by atoms with Crippen molar-refractivity contribution in [1.29, 1.82) is 0 Å². The molecule has 186 valence electrons. The van der Waals surface area contributed by atoms with E-state index in [0.29, 0.717) is 11.7 Å². The van der Waals surface area contributed by atoms with E-state index >= 15 is 0 Å². The van der Waals surface area contributed by atoms with E-state index in [2.05, 4.69) is 30.1 Å². The highest BCUT2D eigenvalue weighted by molar-refractivity contribution is 7.99. The van der Waals surface area contributed by atoms with Gasteiger partial charge in [-0.25, -0.2) is 4.98 Å². The van der Waals surface area contributed by atoms with Crippen LogP contribution in [-0.4, -0.2) is 21.2 Å². The highest BCUT2D eigenvalue weighted by Crippen LogP contribution is 2.48. The minimum absolute atomic E-state index is 0.0218. The molecule has 6 heteroatoms. The molecule has 36 heavy (non-hydrogen) atoms. The van der Waals surface area contributed by atoms with Gasteiger partial charge in [0, 0.05) is 23.2 Å². The average Bonchev–Trinajstić information content (AvgIpc) is 2.86. The number of aromatic nitrogens is 2. The first-order valence-corrected chi connectivity index (χ1v) is 13.7. The number of thioether (sulfide) groups is 1. The minimum atomic E-state index is -0.154. The predicted octanol–water partition coefficient (Wildman–Crippen LogP) is 6.20. The van der Waals surface area contributed by atoms with E-state index in [9.17, 15) is 9.59 Å². The van der Waals surface area contributed by atoms with Gasteiger partial charge in [0.05, 0.1) is 17.0 Å². The summed E-state index contributed by atoms with van der Waals surface area (Å²) in [6.45, 7) is 8.27. The molecule has 0 atom stereocenters. The number of anilines is 1. The van der Waals surface area contributed by atoms with Crippen LogP contribution in [0.25, 0.3) is 11.3 Å². The molecule has 0 saturated heterocycles. The Balaban J connectivity index is 1.52. The number of rotatable bonds is 6. The lowest BCUT2D eigenvalue weighted by molar-refractivity contribution is -0.113. The van der Waals surface area contributed by atoms with Gasteiger partial charge in [0.25, 0.3) is 5.56 Å². The zero-order valence-electron chi connectivity index (χ0n) is 21.1. The number of allylic oxidation sites excluding steroid dienone is 1. The second-order valence-electron chi connectivity index (χ2n) is 10.2. The lowest BCUT2D eigenvalue weighted by Gasteiger charge is -2.42. The second kappa shape index (κ2) is 10.1. The number of aryl methyl sites for hydroxylation is 2. The summed E-state index contributed by atoms with van der Waals surface area (Å²) in [4.78, 5) is 32.0. The Labute approximate surface area is 217 Å². The van der Waals surface area contributed by atoms with Crippen molar-refractivity contribution in [2.45, 2.75) is 69.5 Å². The topological polar surface area (TPSA) is 64.0 Å². The number of hydrogen-bond donors (Lipinski definition) is 1. The molecule has 1 aromatic heterocycles. The maximum Gasteiger partial charge on any atom is 0.258 e. The van der Waals surface area contributed by atoms with Gasteiger partial charge < -0.3 is 5.32 Å². The van der Waals surface area contributed by atoms with Gasteiger partial charge in [-0.2, -0.15) is 0 Å². The lowest BCUT2D eigenvalue weighted by atomic mass is 9.62. The molecule has 5 rings (SSSR count). The van der Waals surface area contributed by atoms with Gasteiger partial charge in [0.1, 0.15) is 0 Å². The molecule has 0 unspecified atom stereocenters. The molecule has 1 fully saturated rings. The van der Waals surface area contributed by atoms with E-state index in [1.165, 1.54) is 23.7 Å². The maximum atomic E-state index is 14.1. The smallest absolute Gasteiger partial charge is 0.258 e. The van der Waals surface area contributed by atoms with E-state index in [1.807, 2.05) is 38.1 Å². The largest absolute Gasteiger partial charge is 0.325 e.